The topological polar surface area (TPSA) is 97.4 Å². The molecule has 1 amide bonds. The Morgan fingerprint density at radius 2 is 2.00 bits per heavy atom. The number of carbonyl (C=O) groups excluding carboxylic acids is 1. The Balaban J connectivity index is 1.88. The van der Waals surface area contributed by atoms with Crippen molar-refractivity contribution in [2.75, 3.05) is 5.32 Å². The first-order valence-electron chi connectivity index (χ1n) is 6.93. The van der Waals surface area contributed by atoms with E-state index in [2.05, 4.69) is 10.4 Å². The van der Waals surface area contributed by atoms with Gasteiger partial charge in [-0.05, 0) is 29.8 Å². The number of hydrogen-bond donors (Lipinski definition) is 2. The van der Waals surface area contributed by atoms with Gasteiger partial charge in [0.05, 0.1) is 12.8 Å². The van der Waals surface area contributed by atoms with Crippen LogP contribution in [0.15, 0.2) is 53.1 Å². The highest BCUT2D eigenvalue weighted by molar-refractivity contribution is 6.02. The lowest BCUT2D eigenvalue weighted by atomic mass is 10.2. The largest absolute Gasteiger partial charge is 0.476 e. The van der Waals surface area contributed by atoms with Gasteiger partial charge in [-0.1, -0.05) is 12.1 Å². The average Bonchev–Trinajstić information content (AvgIpc) is 3.20. The van der Waals surface area contributed by atoms with E-state index in [1.807, 2.05) is 0 Å². The van der Waals surface area contributed by atoms with E-state index < -0.39 is 11.9 Å². The number of furan rings is 1. The summed E-state index contributed by atoms with van der Waals surface area (Å²) in [6.07, 6.45) is 1.35. The number of hydrogen-bond acceptors (Lipinski definition) is 4. The Morgan fingerprint density at radius 3 is 2.62 bits per heavy atom. The van der Waals surface area contributed by atoms with Gasteiger partial charge in [-0.3, -0.25) is 4.79 Å². The molecule has 0 saturated carbocycles. The fourth-order valence-corrected chi connectivity index (χ4v) is 2.09. The highest BCUT2D eigenvalue weighted by atomic mass is 19.1. The maximum absolute atomic E-state index is 13.0. The first kappa shape index (κ1) is 15.5. The van der Waals surface area contributed by atoms with Crippen LogP contribution in [0.1, 0.15) is 26.6 Å². The molecule has 2 heterocycles. The van der Waals surface area contributed by atoms with Crippen LogP contribution in [-0.2, 0) is 6.54 Å². The maximum atomic E-state index is 13.0. The summed E-state index contributed by atoms with van der Waals surface area (Å²) < 4.78 is 19.3. The molecule has 122 valence electrons. The SMILES string of the molecule is O=C(O)c1cc(NC(=O)c2ccco2)n(Cc2ccc(F)cc2)n1. The molecule has 2 N–H and O–H groups in total. The van der Waals surface area contributed by atoms with Gasteiger partial charge in [0.2, 0.25) is 0 Å². The van der Waals surface area contributed by atoms with Crippen molar-refractivity contribution in [3.63, 3.8) is 0 Å². The van der Waals surface area contributed by atoms with E-state index in [0.29, 0.717) is 5.56 Å². The smallest absolute Gasteiger partial charge is 0.356 e. The van der Waals surface area contributed by atoms with Crippen molar-refractivity contribution in [2.24, 2.45) is 0 Å². The van der Waals surface area contributed by atoms with Crippen LogP contribution in [0, 0.1) is 5.82 Å². The van der Waals surface area contributed by atoms with Crippen molar-refractivity contribution < 1.29 is 23.5 Å². The Bertz CT molecular complexity index is 869. The van der Waals surface area contributed by atoms with Crippen LogP contribution < -0.4 is 5.32 Å². The molecular formula is C16H12FN3O4. The number of amides is 1. The fourth-order valence-electron chi connectivity index (χ4n) is 2.09. The number of carboxylic acid groups (broad SMARTS) is 1. The van der Waals surface area contributed by atoms with Crippen LogP contribution in [0.2, 0.25) is 0 Å². The van der Waals surface area contributed by atoms with Crippen molar-refractivity contribution in [1.29, 1.82) is 0 Å². The van der Waals surface area contributed by atoms with E-state index in [4.69, 9.17) is 9.52 Å². The third-order valence-electron chi connectivity index (χ3n) is 3.23. The van der Waals surface area contributed by atoms with Gasteiger partial charge in [-0.15, -0.1) is 0 Å². The van der Waals surface area contributed by atoms with Gasteiger partial charge < -0.3 is 14.8 Å². The molecule has 0 unspecified atom stereocenters. The molecule has 8 heteroatoms. The number of nitrogens with one attached hydrogen (secondary N) is 1. The second-order valence-corrected chi connectivity index (χ2v) is 4.94. The Labute approximate surface area is 135 Å². The van der Waals surface area contributed by atoms with Gasteiger partial charge in [0, 0.05) is 6.07 Å². The van der Waals surface area contributed by atoms with Gasteiger partial charge >= 0.3 is 5.97 Å². The zero-order chi connectivity index (χ0) is 17.1. The molecule has 0 fully saturated rings. The summed E-state index contributed by atoms with van der Waals surface area (Å²) in [5, 5.41) is 15.6. The van der Waals surface area contributed by atoms with Crippen LogP contribution in [0.5, 0.6) is 0 Å². The lowest BCUT2D eigenvalue weighted by Gasteiger charge is -2.08. The Morgan fingerprint density at radius 1 is 1.25 bits per heavy atom. The van der Waals surface area contributed by atoms with Crippen molar-refractivity contribution in [2.45, 2.75) is 6.54 Å². The summed E-state index contributed by atoms with van der Waals surface area (Å²) in [4.78, 5) is 23.2. The minimum Gasteiger partial charge on any atom is -0.476 e. The molecule has 3 aromatic rings. The number of benzene rings is 1. The minimum atomic E-state index is -1.22. The lowest BCUT2D eigenvalue weighted by Crippen LogP contribution is -2.15. The highest BCUT2D eigenvalue weighted by Gasteiger charge is 2.17. The Hall–Kier alpha value is -3.42. The number of aromatic carboxylic acids is 1. The molecule has 1 aromatic carbocycles. The summed E-state index contributed by atoms with van der Waals surface area (Å²) in [6.45, 7) is 0.168. The number of carboxylic acids is 1. The predicted octanol–water partition coefficient (Wildman–Crippen LogP) is 2.61. The molecule has 24 heavy (non-hydrogen) atoms. The quantitative estimate of drug-likeness (QED) is 0.750. The molecule has 0 bridgehead atoms. The first-order chi connectivity index (χ1) is 11.5. The van der Waals surface area contributed by atoms with Crippen LogP contribution in [0.25, 0.3) is 0 Å². The second kappa shape index (κ2) is 6.37. The molecule has 0 saturated heterocycles. The zero-order valence-corrected chi connectivity index (χ0v) is 12.3. The number of rotatable bonds is 5. The molecule has 0 aliphatic heterocycles. The number of aromatic nitrogens is 2. The monoisotopic (exact) mass is 329 g/mol. The third-order valence-corrected chi connectivity index (χ3v) is 3.23. The van der Waals surface area contributed by atoms with Gasteiger partial charge in [0.1, 0.15) is 11.6 Å². The predicted molar refractivity (Wildman–Crippen MR) is 81.3 cm³/mol. The number of halogens is 1. The molecular weight excluding hydrogens is 317 g/mol. The second-order valence-electron chi connectivity index (χ2n) is 4.94. The van der Waals surface area contributed by atoms with E-state index in [9.17, 15) is 14.0 Å². The van der Waals surface area contributed by atoms with Crippen LogP contribution >= 0.6 is 0 Å². The number of anilines is 1. The Kier molecular flexibility index (Phi) is 4.11. The molecule has 2 aromatic heterocycles. The highest BCUT2D eigenvalue weighted by Crippen LogP contribution is 2.15. The maximum Gasteiger partial charge on any atom is 0.356 e. The van der Waals surface area contributed by atoms with E-state index in [1.165, 1.54) is 35.2 Å². The van der Waals surface area contributed by atoms with Crippen molar-refractivity contribution in [1.82, 2.24) is 9.78 Å². The standard InChI is InChI=1S/C16H12FN3O4/c17-11-5-3-10(4-6-11)9-20-14(8-12(19-20)16(22)23)18-15(21)13-2-1-7-24-13/h1-8H,9H2,(H,18,21)(H,22,23). The summed E-state index contributed by atoms with van der Waals surface area (Å²) in [6, 6.07) is 9.97. The number of nitrogens with zero attached hydrogens (tertiary/aromatic N) is 2. The zero-order valence-electron chi connectivity index (χ0n) is 12.3. The summed E-state index contributed by atoms with van der Waals surface area (Å²) >= 11 is 0. The van der Waals surface area contributed by atoms with E-state index in [-0.39, 0.29) is 29.6 Å². The summed E-state index contributed by atoms with van der Waals surface area (Å²) in [7, 11) is 0. The minimum absolute atomic E-state index is 0.0846. The van der Waals surface area contributed by atoms with Crippen molar-refractivity contribution in [3.05, 3.63) is 71.6 Å². The molecule has 3 rings (SSSR count). The van der Waals surface area contributed by atoms with Gasteiger partial charge in [-0.25, -0.2) is 13.9 Å². The summed E-state index contributed by atoms with van der Waals surface area (Å²) in [5.41, 5.74) is 0.483. The molecule has 0 aliphatic carbocycles. The van der Waals surface area contributed by atoms with Gasteiger partial charge in [-0.2, -0.15) is 5.10 Å². The normalized spacial score (nSPS) is 10.5. The molecule has 0 spiro atoms. The third kappa shape index (κ3) is 3.32. The molecule has 0 atom stereocenters. The van der Waals surface area contributed by atoms with Crippen LogP contribution in [0.4, 0.5) is 10.2 Å². The number of carbonyl (C=O) groups is 2. The lowest BCUT2D eigenvalue weighted by molar-refractivity contribution is 0.0689. The molecule has 0 radical (unpaired) electrons. The average molecular weight is 329 g/mol. The first-order valence-corrected chi connectivity index (χ1v) is 6.93. The molecule has 0 aliphatic rings. The molecule has 7 nitrogen and oxygen atoms in total. The van der Waals surface area contributed by atoms with Crippen LogP contribution in [-0.4, -0.2) is 26.8 Å². The fraction of sp³-hybridized carbons (Fsp3) is 0.0625. The van der Waals surface area contributed by atoms with E-state index in [0.717, 1.165) is 0 Å². The van der Waals surface area contributed by atoms with E-state index >= 15 is 0 Å². The van der Waals surface area contributed by atoms with Gasteiger partial charge in [0.25, 0.3) is 5.91 Å². The van der Waals surface area contributed by atoms with Crippen molar-refractivity contribution in [3.8, 4) is 0 Å². The van der Waals surface area contributed by atoms with E-state index in [1.54, 1.807) is 18.2 Å². The summed E-state index contributed by atoms with van der Waals surface area (Å²) in [5.74, 6) is -1.85. The van der Waals surface area contributed by atoms with Crippen molar-refractivity contribution >= 4 is 17.7 Å². The van der Waals surface area contributed by atoms with Crippen LogP contribution in [0.3, 0.4) is 0 Å². The van der Waals surface area contributed by atoms with Gasteiger partial charge in [0.15, 0.2) is 11.5 Å².